The molecule has 0 radical (unpaired) electrons. The fourth-order valence-corrected chi connectivity index (χ4v) is 1.84. The molecule has 0 aliphatic carbocycles. The van der Waals surface area contributed by atoms with Crippen LogP contribution in [0.3, 0.4) is 0 Å². The van der Waals surface area contributed by atoms with Crippen LogP contribution in [0.15, 0.2) is 35.2 Å². The van der Waals surface area contributed by atoms with Gasteiger partial charge in [0.1, 0.15) is 5.82 Å². The summed E-state index contributed by atoms with van der Waals surface area (Å²) in [5, 5.41) is 0. The minimum absolute atomic E-state index is 0.794. The monoisotopic (exact) mass is 279 g/mol. The highest BCUT2D eigenvalue weighted by Crippen LogP contribution is 2.10. The molecule has 4 heteroatoms. The average molecular weight is 280 g/mol. The summed E-state index contributed by atoms with van der Waals surface area (Å²) in [6.45, 7) is 2.96. The van der Waals surface area contributed by atoms with Crippen molar-refractivity contribution in [3.63, 3.8) is 0 Å². The molecular weight excluding hydrogens is 266 g/mol. The highest BCUT2D eigenvalue weighted by atomic mass is 79.9. The van der Waals surface area contributed by atoms with Gasteiger partial charge in [-0.15, -0.1) is 0 Å². The van der Waals surface area contributed by atoms with Gasteiger partial charge in [-0.25, -0.2) is 4.98 Å². The lowest BCUT2D eigenvalue weighted by atomic mass is 10.3. The highest BCUT2D eigenvalue weighted by molar-refractivity contribution is 9.10. The lowest BCUT2D eigenvalue weighted by molar-refractivity contribution is 0.693. The topological polar surface area (TPSA) is 30.7 Å². The van der Waals surface area contributed by atoms with E-state index in [9.17, 15) is 0 Å². The minimum Gasteiger partial charge on any atom is -0.329 e. The fraction of sp³-hybridized carbons (Fsp3) is 0.333. The van der Waals surface area contributed by atoms with Crippen LogP contribution in [0.1, 0.15) is 24.9 Å². The van der Waals surface area contributed by atoms with Gasteiger partial charge >= 0.3 is 0 Å². The first kappa shape index (κ1) is 11.3. The summed E-state index contributed by atoms with van der Waals surface area (Å²) in [6, 6.07) is 4.04. The Labute approximate surface area is 104 Å². The molecule has 0 unspecified atom stereocenters. The van der Waals surface area contributed by atoms with Crippen LogP contribution in [-0.2, 0) is 13.0 Å². The quantitative estimate of drug-likeness (QED) is 0.861. The summed E-state index contributed by atoms with van der Waals surface area (Å²) in [5.41, 5.74) is 1.05. The lowest BCUT2D eigenvalue weighted by Crippen LogP contribution is -2.05. The molecule has 0 aromatic carbocycles. The predicted molar refractivity (Wildman–Crippen MR) is 67.3 cm³/mol. The summed E-state index contributed by atoms with van der Waals surface area (Å²) in [5.74, 6) is 1.13. The Morgan fingerprint density at radius 3 is 2.88 bits per heavy atom. The van der Waals surface area contributed by atoms with E-state index in [1.807, 2.05) is 30.7 Å². The summed E-state index contributed by atoms with van der Waals surface area (Å²) in [6.07, 6.45) is 7.82. The van der Waals surface area contributed by atoms with Crippen molar-refractivity contribution in [2.45, 2.75) is 26.3 Å². The first-order chi connectivity index (χ1) is 7.79. The third-order valence-electron chi connectivity index (χ3n) is 2.40. The van der Waals surface area contributed by atoms with Crippen LogP contribution in [-0.4, -0.2) is 14.5 Å². The van der Waals surface area contributed by atoms with Crippen LogP contribution < -0.4 is 0 Å². The van der Waals surface area contributed by atoms with Gasteiger partial charge in [-0.3, -0.25) is 4.98 Å². The van der Waals surface area contributed by atoms with E-state index in [0.29, 0.717) is 0 Å². The summed E-state index contributed by atoms with van der Waals surface area (Å²) in [4.78, 5) is 8.70. The molecule has 0 spiro atoms. The fourth-order valence-electron chi connectivity index (χ4n) is 1.61. The van der Waals surface area contributed by atoms with E-state index in [-0.39, 0.29) is 0 Å². The molecule has 0 saturated carbocycles. The number of pyridine rings is 1. The zero-order chi connectivity index (χ0) is 11.4. The van der Waals surface area contributed by atoms with E-state index >= 15 is 0 Å². The van der Waals surface area contributed by atoms with Crippen LogP contribution in [0, 0.1) is 0 Å². The minimum atomic E-state index is 0.794. The maximum atomic E-state index is 4.36. The van der Waals surface area contributed by atoms with Crippen molar-refractivity contribution in [3.05, 3.63) is 46.7 Å². The average Bonchev–Trinajstić information content (AvgIpc) is 2.70. The molecule has 0 aliphatic rings. The summed E-state index contributed by atoms with van der Waals surface area (Å²) < 4.78 is 3.16. The van der Waals surface area contributed by atoms with Crippen molar-refractivity contribution in [1.29, 1.82) is 0 Å². The van der Waals surface area contributed by atoms with Crippen LogP contribution in [0.2, 0.25) is 0 Å². The molecule has 16 heavy (non-hydrogen) atoms. The van der Waals surface area contributed by atoms with E-state index < -0.39 is 0 Å². The van der Waals surface area contributed by atoms with Crippen molar-refractivity contribution in [1.82, 2.24) is 14.5 Å². The molecule has 3 nitrogen and oxygen atoms in total. The highest BCUT2D eigenvalue weighted by Gasteiger charge is 2.02. The van der Waals surface area contributed by atoms with Gasteiger partial charge < -0.3 is 4.57 Å². The Morgan fingerprint density at radius 2 is 2.19 bits per heavy atom. The van der Waals surface area contributed by atoms with Crippen LogP contribution in [0.5, 0.6) is 0 Å². The molecule has 0 fully saturated rings. The smallest absolute Gasteiger partial charge is 0.108 e. The molecule has 2 heterocycles. The van der Waals surface area contributed by atoms with Gasteiger partial charge in [0.2, 0.25) is 0 Å². The van der Waals surface area contributed by atoms with E-state index in [0.717, 1.165) is 35.4 Å². The van der Waals surface area contributed by atoms with Crippen LogP contribution in [0.4, 0.5) is 0 Å². The number of imidazole rings is 1. The molecule has 2 aromatic heterocycles. The van der Waals surface area contributed by atoms with Crippen molar-refractivity contribution in [3.8, 4) is 0 Å². The number of hydrogen-bond acceptors (Lipinski definition) is 2. The van der Waals surface area contributed by atoms with E-state index in [4.69, 9.17) is 0 Å². The van der Waals surface area contributed by atoms with E-state index in [1.165, 1.54) is 0 Å². The molecule has 0 saturated heterocycles. The van der Waals surface area contributed by atoms with Crippen LogP contribution >= 0.6 is 15.9 Å². The van der Waals surface area contributed by atoms with Gasteiger partial charge in [0.25, 0.3) is 0 Å². The van der Waals surface area contributed by atoms with Gasteiger partial charge in [0.15, 0.2) is 0 Å². The number of aryl methyl sites for hydroxylation is 1. The third-order valence-corrected chi connectivity index (χ3v) is 2.87. The van der Waals surface area contributed by atoms with E-state index in [2.05, 4.69) is 37.4 Å². The lowest BCUT2D eigenvalue weighted by Gasteiger charge is -2.06. The second-order valence-electron chi connectivity index (χ2n) is 3.69. The van der Waals surface area contributed by atoms with Crippen molar-refractivity contribution in [2.24, 2.45) is 0 Å². The van der Waals surface area contributed by atoms with Gasteiger partial charge in [-0.05, 0) is 34.5 Å². The molecular formula is C12H14BrN3. The zero-order valence-corrected chi connectivity index (χ0v) is 10.8. The summed E-state index contributed by atoms with van der Waals surface area (Å²) in [7, 11) is 0. The molecule has 0 amide bonds. The van der Waals surface area contributed by atoms with Gasteiger partial charge in [-0.1, -0.05) is 6.92 Å². The first-order valence-electron chi connectivity index (χ1n) is 5.40. The van der Waals surface area contributed by atoms with E-state index in [1.54, 1.807) is 0 Å². The molecule has 0 aliphatic heterocycles. The normalized spacial score (nSPS) is 10.6. The maximum Gasteiger partial charge on any atom is 0.108 e. The van der Waals surface area contributed by atoms with Crippen molar-refractivity contribution < 1.29 is 0 Å². The molecule has 84 valence electrons. The number of nitrogens with zero attached hydrogens (tertiary/aromatic N) is 3. The Kier molecular flexibility index (Phi) is 3.72. The van der Waals surface area contributed by atoms with Crippen LogP contribution in [0.25, 0.3) is 0 Å². The van der Waals surface area contributed by atoms with Gasteiger partial charge in [0, 0.05) is 29.5 Å². The van der Waals surface area contributed by atoms with Crippen molar-refractivity contribution >= 4 is 15.9 Å². The molecule has 0 N–H and O–H groups in total. The molecule has 2 rings (SSSR count). The predicted octanol–water partition coefficient (Wildman–Crippen LogP) is 3.04. The molecule has 0 bridgehead atoms. The molecule has 0 atom stereocenters. The zero-order valence-electron chi connectivity index (χ0n) is 9.23. The first-order valence-corrected chi connectivity index (χ1v) is 6.19. The Morgan fingerprint density at radius 1 is 1.31 bits per heavy atom. The number of halogens is 1. The number of aromatic nitrogens is 3. The molecule has 2 aromatic rings. The van der Waals surface area contributed by atoms with Gasteiger partial charge in [-0.2, -0.15) is 0 Å². The maximum absolute atomic E-state index is 4.36. The number of hydrogen-bond donors (Lipinski definition) is 0. The SMILES string of the molecule is CCCc1nccn1Cc1ccc(Br)cn1. The van der Waals surface area contributed by atoms with Crippen molar-refractivity contribution in [2.75, 3.05) is 0 Å². The third kappa shape index (κ3) is 2.70. The standard InChI is InChI=1S/C12H14BrN3/c1-2-3-12-14-6-7-16(12)9-11-5-4-10(13)8-15-11/h4-8H,2-3,9H2,1H3. The Hall–Kier alpha value is -1.16. The second-order valence-corrected chi connectivity index (χ2v) is 4.60. The van der Waals surface area contributed by atoms with Gasteiger partial charge in [0.05, 0.1) is 12.2 Å². The number of rotatable bonds is 4. The Bertz CT molecular complexity index is 448. The summed E-state index contributed by atoms with van der Waals surface area (Å²) >= 11 is 3.38. The Balaban J connectivity index is 2.13. The second kappa shape index (κ2) is 5.25. The largest absolute Gasteiger partial charge is 0.329 e.